The molecule has 2 aromatic rings. The molecule has 1 N–H and O–H groups in total. The highest BCUT2D eigenvalue weighted by atomic mass is 35.5. The molecule has 3 rings (SSSR count). The number of aliphatic imine (C=N–C) groups is 1. The number of nitriles is 1. The van der Waals surface area contributed by atoms with Crippen LogP contribution in [0.5, 0.6) is 0 Å². The van der Waals surface area contributed by atoms with Gasteiger partial charge in [0.1, 0.15) is 5.03 Å². The molecule has 0 saturated heterocycles. The number of allylic oxidation sites excluding steroid dienone is 1. The van der Waals surface area contributed by atoms with Gasteiger partial charge in [-0.2, -0.15) is 5.26 Å². The van der Waals surface area contributed by atoms with E-state index in [0.29, 0.717) is 32.0 Å². The number of hydrogen-bond donors (Lipinski definition) is 1. The molecule has 4 nitrogen and oxygen atoms in total. The van der Waals surface area contributed by atoms with Crippen LogP contribution in [0, 0.1) is 17.2 Å². The number of benzene rings is 2. The molecule has 0 aliphatic carbocycles. The van der Waals surface area contributed by atoms with E-state index in [2.05, 4.69) is 16.4 Å². The second-order valence-electron chi connectivity index (χ2n) is 6.26. The molecule has 0 spiro atoms. The first-order valence-corrected chi connectivity index (χ1v) is 10.5. The quantitative estimate of drug-likeness (QED) is 0.656. The average Bonchev–Trinajstić information content (AvgIpc) is 2.69. The molecule has 1 unspecified atom stereocenters. The maximum atomic E-state index is 13.2. The average molecular weight is 430 g/mol. The van der Waals surface area contributed by atoms with Gasteiger partial charge in [0, 0.05) is 27.4 Å². The summed E-state index contributed by atoms with van der Waals surface area (Å²) in [5.41, 5.74) is 2.44. The Kier molecular flexibility index (Phi) is 6.46. The molecule has 2 atom stereocenters. The molecule has 0 radical (unpaired) electrons. The third-order valence-electron chi connectivity index (χ3n) is 4.55. The number of rotatable bonds is 4. The lowest BCUT2D eigenvalue weighted by Crippen LogP contribution is -2.36. The van der Waals surface area contributed by atoms with Crippen LogP contribution in [0.3, 0.4) is 0 Å². The standard InChI is InChI=1S/C21H17Cl2N3OS/c1-12-18(20(27)26-14-9-7-13(22)8-10-14)19(15-5-3-4-6-17(15)23)16(11-24)21(25-12)28-2/h3-10,18-19H,1-2H3,(H,26,27)/t18?,19-/m1/s1. The first-order valence-electron chi connectivity index (χ1n) is 8.50. The topological polar surface area (TPSA) is 65.2 Å². The number of carbonyl (C=O) groups is 1. The van der Waals surface area contributed by atoms with Gasteiger partial charge in [-0.1, -0.05) is 41.4 Å². The number of halogens is 2. The van der Waals surface area contributed by atoms with E-state index in [1.807, 2.05) is 24.5 Å². The summed E-state index contributed by atoms with van der Waals surface area (Å²) in [5, 5.41) is 14.5. The monoisotopic (exact) mass is 429 g/mol. The van der Waals surface area contributed by atoms with Gasteiger partial charge in [0.2, 0.25) is 5.91 Å². The van der Waals surface area contributed by atoms with Crippen molar-refractivity contribution in [3.63, 3.8) is 0 Å². The maximum absolute atomic E-state index is 13.2. The van der Waals surface area contributed by atoms with E-state index in [-0.39, 0.29) is 5.91 Å². The van der Waals surface area contributed by atoms with E-state index in [1.165, 1.54) is 11.8 Å². The van der Waals surface area contributed by atoms with Crippen molar-refractivity contribution in [1.29, 1.82) is 5.26 Å². The van der Waals surface area contributed by atoms with Gasteiger partial charge in [0.15, 0.2) is 0 Å². The van der Waals surface area contributed by atoms with Crippen molar-refractivity contribution in [2.24, 2.45) is 10.9 Å². The number of nitrogens with zero attached hydrogens (tertiary/aromatic N) is 2. The number of amides is 1. The molecule has 142 valence electrons. The molecule has 0 bridgehead atoms. The minimum atomic E-state index is -0.652. The van der Waals surface area contributed by atoms with Crippen LogP contribution < -0.4 is 5.32 Å². The van der Waals surface area contributed by atoms with Crippen molar-refractivity contribution < 1.29 is 4.79 Å². The molecule has 0 aromatic heterocycles. The van der Waals surface area contributed by atoms with Gasteiger partial charge in [-0.05, 0) is 49.1 Å². The predicted octanol–water partition coefficient (Wildman–Crippen LogP) is 5.90. The Labute approximate surface area is 178 Å². The fourth-order valence-corrected chi connectivity index (χ4v) is 4.27. The molecular formula is C21H17Cl2N3OS. The Balaban J connectivity index is 2.06. The maximum Gasteiger partial charge on any atom is 0.234 e. The SMILES string of the molecule is CSC1=C(C#N)[C@@H](c2ccccc2Cl)C(C(=O)Nc2ccc(Cl)cc2)C(C)=N1. The lowest BCUT2D eigenvalue weighted by atomic mass is 9.76. The Morgan fingerprint density at radius 2 is 1.86 bits per heavy atom. The first-order chi connectivity index (χ1) is 13.5. The number of carbonyl (C=O) groups excluding carboxylic acids is 1. The van der Waals surface area contributed by atoms with Crippen molar-refractivity contribution in [3.05, 3.63) is 74.7 Å². The lowest BCUT2D eigenvalue weighted by molar-refractivity contribution is -0.118. The zero-order chi connectivity index (χ0) is 20.3. The third-order valence-corrected chi connectivity index (χ3v) is 5.85. The normalized spacial score (nSPS) is 19.0. The third kappa shape index (κ3) is 4.10. The summed E-state index contributed by atoms with van der Waals surface area (Å²) in [7, 11) is 0. The molecule has 1 aliphatic heterocycles. The molecule has 1 heterocycles. The number of hydrogen-bond acceptors (Lipinski definition) is 4. The number of thioether (sulfide) groups is 1. The second kappa shape index (κ2) is 8.83. The van der Waals surface area contributed by atoms with E-state index in [0.717, 1.165) is 5.56 Å². The number of anilines is 1. The summed E-state index contributed by atoms with van der Waals surface area (Å²) in [5.74, 6) is -1.41. The minimum absolute atomic E-state index is 0.249. The van der Waals surface area contributed by atoms with E-state index < -0.39 is 11.8 Å². The van der Waals surface area contributed by atoms with Crippen molar-refractivity contribution in [1.82, 2.24) is 0 Å². The molecular weight excluding hydrogens is 413 g/mol. The van der Waals surface area contributed by atoms with Crippen LogP contribution in [0.15, 0.2) is 64.1 Å². The Morgan fingerprint density at radius 3 is 2.46 bits per heavy atom. The summed E-state index contributed by atoms with van der Waals surface area (Å²) in [6.45, 7) is 1.81. The Morgan fingerprint density at radius 1 is 1.18 bits per heavy atom. The van der Waals surface area contributed by atoms with Gasteiger partial charge in [0.05, 0.1) is 17.6 Å². The van der Waals surface area contributed by atoms with Crippen LogP contribution in [-0.2, 0) is 4.79 Å². The predicted molar refractivity (Wildman–Crippen MR) is 117 cm³/mol. The molecule has 7 heteroatoms. The summed E-state index contributed by atoms with van der Waals surface area (Å²) >= 11 is 13.7. The number of nitrogens with one attached hydrogen (secondary N) is 1. The zero-order valence-electron chi connectivity index (χ0n) is 15.2. The molecule has 1 amide bonds. The largest absolute Gasteiger partial charge is 0.325 e. The Hall–Kier alpha value is -2.26. The van der Waals surface area contributed by atoms with Crippen LogP contribution in [0.2, 0.25) is 10.0 Å². The van der Waals surface area contributed by atoms with Crippen LogP contribution in [0.1, 0.15) is 18.4 Å². The molecule has 2 aromatic carbocycles. The van der Waals surface area contributed by atoms with Gasteiger partial charge in [-0.3, -0.25) is 4.79 Å². The van der Waals surface area contributed by atoms with Gasteiger partial charge in [-0.25, -0.2) is 4.99 Å². The highest BCUT2D eigenvalue weighted by Crippen LogP contribution is 2.43. The first kappa shape index (κ1) is 20.5. The van der Waals surface area contributed by atoms with Crippen molar-refractivity contribution in [2.75, 3.05) is 11.6 Å². The summed E-state index contributed by atoms with van der Waals surface area (Å²) in [6.07, 6.45) is 1.86. The molecule has 1 aliphatic rings. The van der Waals surface area contributed by atoms with Crippen LogP contribution in [-0.4, -0.2) is 17.9 Å². The molecule has 28 heavy (non-hydrogen) atoms. The highest BCUT2D eigenvalue weighted by molar-refractivity contribution is 8.02. The van der Waals surface area contributed by atoms with E-state index in [9.17, 15) is 10.1 Å². The van der Waals surface area contributed by atoms with Crippen LogP contribution in [0.4, 0.5) is 5.69 Å². The van der Waals surface area contributed by atoms with Crippen LogP contribution >= 0.6 is 35.0 Å². The lowest BCUT2D eigenvalue weighted by Gasteiger charge is -2.31. The van der Waals surface area contributed by atoms with Crippen molar-refractivity contribution in [2.45, 2.75) is 12.8 Å². The van der Waals surface area contributed by atoms with E-state index in [4.69, 9.17) is 23.2 Å². The van der Waals surface area contributed by atoms with Crippen LogP contribution in [0.25, 0.3) is 0 Å². The van der Waals surface area contributed by atoms with E-state index in [1.54, 1.807) is 37.3 Å². The van der Waals surface area contributed by atoms with Gasteiger partial charge >= 0.3 is 0 Å². The zero-order valence-corrected chi connectivity index (χ0v) is 17.6. The highest BCUT2D eigenvalue weighted by Gasteiger charge is 2.40. The molecule has 0 saturated carbocycles. The van der Waals surface area contributed by atoms with Gasteiger partial charge in [0.25, 0.3) is 0 Å². The Bertz CT molecular complexity index is 1010. The summed E-state index contributed by atoms with van der Waals surface area (Å²) in [4.78, 5) is 17.7. The molecule has 0 fully saturated rings. The van der Waals surface area contributed by atoms with Gasteiger partial charge < -0.3 is 5.32 Å². The second-order valence-corrected chi connectivity index (χ2v) is 7.90. The fraction of sp³-hybridized carbons (Fsp3) is 0.190. The summed E-state index contributed by atoms with van der Waals surface area (Å²) in [6, 6.07) is 16.4. The fourth-order valence-electron chi connectivity index (χ4n) is 3.26. The van der Waals surface area contributed by atoms with E-state index >= 15 is 0 Å². The minimum Gasteiger partial charge on any atom is -0.325 e. The smallest absolute Gasteiger partial charge is 0.234 e. The summed E-state index contributed by atoms with van der Waals surface area (Å²) < 4.78 is 0. The van der Waals surface area contributed by atoms with Crippen molar-refractivity contribution in [3.8, 4) is 6.07 Å². The van der Waals surface area contributed by atoms with Gasteiger partial charge in [-0.15, -0.1) is 11.8 Å². The van der Waals surface area contributed by atoms with Crippen molar-refractivity contribution >= 4 is 52.3 Å².